The Kier molecular flexibility index (Phi) is 4.79. The Morgan fingerprint density at radius 3 is 2.83 bits per heavy atom. The Hall–Kier alpha value is -1.32. The third-order valence-electron chi connectivity index (χ3n) is 2.91. The van der Waals surface area contributed by atoms with Crippen molar-refractivity contribution in [1.29, 1.82) is 0 Å². The molecule has 3 nitrogen and oxygen atoms in total. The van der Waals surface area contributed by atoms with Crippen LogP contribution < -0.4 is 5.32 Å². The zero-order valence-electron chi connectivity index (χ0n) is 10.5. The summed E-state index contributed by atoms with van der Waals surface area (Å²) in [5.74, 6) is 1.01. The van der Waals surface area contributed by atoms with Gasteiger partial charge in [-0.3, -0.25) is 0 Å². The molecule has 0 fully saturated rings. The van der Waals surface area contributed by atoms with Crippen molar-refractivity contribution in [3.05, 3.63) is 53.1 Å². The Balaban J connectivity index is 2.04. The van der Waals surface area contributed by atoms with Gasteiger partial charge in [0.1, 0.15) is 5.82 Å². The third kappa shape index (κ3) is 3.59. The summed E-state index contributed by atoms with van der Waals surface area (Å²) in [6, 6.07) is 8.35. The first kappa shape index (κ1) is 13.1. The van der Waals surface area contributed by atoms with Gasteiger partial charge in [-0.15, -0.1) is 0 Å². The van der Waals surface area contributed by atoms with Crippen LogP contribution in [0.25, 0.3) is 0 Å². The van der Waals surface area contributed by atoms with E-state index in [-0.39, 0.29) is 0 Å². The SMILES string of the molecule is CCNC(Cc1ncc[nH]1)Cc1ccccc1Cl. The molecule has 0 spiro atoms. The zero-order valence-corrected chi connectivity index (χ0v) is 11.2. The number of rotatable bonds is 6. The predicted molar refractivity (Wildman–Crippen MR) is 74.9 cm³/mol. The van der Waals surface area contributed by atoms with Crippen LogP contribution in [-0.4, -0.2) is 22.6 Å². The van der Waals surface area contributed by atoms with Gasteiger partial charge in [0, 0.05) is 29.9 Å². The van der Waals surface area contributed by atoms with Crippen LogP contribution in [0.4, 0.5) is 0 Å². The molecular formula is C14H18ClN3. The zero-order chi connectivity index (χ0) is 12.8. The highest BCUT2D eigenvalue weighted by molar-refractivity contribution is 6.31. The largest absolute Gasteiger partial charge is 0.349 e. The first-order valence-corrected chi connectivity index (χ1v) is 6.62. The van der Waals surface area contributed by atoms with Crippen molar-refractivity contribution < 1.29 is 0 Å². The highest BCUT2D eigenvalue weighted by Gasteiger charge is 2.12. The lowest BCUT2D eigenvalue weighted by Gasteiger charge is -2.17. The molecule has 0 aliphatic rings. The van der Waals surface area contributed by atoms with Crippen molar-refractivity contribution in [3.8, 4) is 0 Å². The van der Waals surface area contributed by atoms with E-state index in [1.807, 2.05) is 24.4 Å². The number of aromatic nitrogens is 2. The minimum absolute atomic E-state index is 0.348. The molecule has 0 saturated carbocycles. The number of nitrogens with zero attached hydrogens (tertiary/aromatic N) is 1. The second kappa shape index (κ2) is 6.57. The number of hydrogen-bond acceptors (Lipinski definition) is 2. The van der Waals surface area contributed by atoms with E-state index in [1.165, 1.54) is 5.56 Å². The first-order chi connectivity index (χ1) is 8.79. The summed E-state index contributed by atoms with van der Waals surface area (Å²) in [6.45, 7) is 3.05. The lowest BCUT2D eigenvalue weighted by molar-refractivity contribution is 0.512. The third-order valence-corrected chi connectivity index (χ3v) is 3.28. The molecule has 2 rings (SSSR count). The molecule has 4 heteroatoms. The van der Waals surface area contributed by atoms with Crippen molar-refractivity contribution >= 4 is 11.6 Å². The van der Waals surface area contributed by atoms with Gasteiger partial charge in [0.2, 0.25) is 0 Å². The van der Waals surface area contributed by atoms with Crippen LogP contribution in [0.15, 0.2) is 36.7 Å². The number of nitrogens with one attached hydrogen (secondary N) is 2. The number of halogens is 1. The average molecular weight is 264 g/mol. The summed E-state index contributed by atoms with van der Waals surface area (Å²) in [7, 11) is 0. The molecule has 0 bridgehead atoms. The highest BCUT2D eigenvalue weighted by Crippen LogP contribution is 2.17. The maximum Gasteiger partial charge on any atom is 0.107 e. The molecule has 0 aliphatic carbocycles. The van der Waals surface area contributed by atoms with Crippen LogP contribution in [0, 0.1) is 0 Å². The molecule has 1 aromatic carbocycles. The molecule has 1 heterocycles. The Labute approximate surface area is 113 Å². The van der Waals surface area contributed by atoms with E-state index < -0.39 is 0 Å². The first-order valence-electron chi connectivity index (χ1n) is 6.24. The van der Waals surface area contributed by atoms with Crippen LogP contribution in [0.5, 0.6) is 0 Å². The average Bonchev–Trinajstić information content (AvgIpc) is 2.85. The van der Waals surface area contributed by atoms with Crippen molar-refractivity contribution in [2.45, 2.75) is 25.8 Å². The Morgan fingerprint density at radius 1 is 1.33 bits per heavy atom. The normalized spacial score (nSPS) is 12.6. The number of H-pyrrole nitrogens is 1. The maximum absolute atomic E-state index is 6.20. The standard InChI is InChI=1S/C14H18ClN3/c1-2-16-12(10-14-17-7-8-18-14)9-11-5-3-4-6-13(11)15/h3-8,12,16H,2,9-10H2,1H3,(H,17,18). The summed E-state index contributed by atoms with van der Waals surface area (Å²) in [4.78, 5) is 7.42. The fourth-order valence-electron chi connectivity index (χ4n) is 2.08. The fourth-order valence-corrected chi connectivity index (χ4v) is 2.29. The van der Waals surface area contributed by atoms with Gasteiger partial charge in [-0.2, -0.15) is 0 Å². The van der Waals surface area contributed by atoms with Crippen LogP contribution in [0.1, 0.15) is 18.3 Å². The molecule has 18 heavy (non-hydrogen) atoms. The topological polar surface area (TPSA) is 40.7 Å². The van der Waals surface area contributed by atoms with Gasteiger partial charge in [0.05, 0.1) is 0 Å². The quantitative estimate of drug-likeness (QED) is 0.841. The summed E-state index contributed by atoms with van der Waals surface area (Å²) in [5.41, 5.74) is 1.18. The Morgan fingerprint density at radius 2 is 2.17 bits per heavy atom. The summed E-state index contributed by atoms with van der Waals surface area (Å²) < 4.78 is 0. The molecule has 1 atom stereocenters. The molecule has 2 aromatic rings. The van der Waals surface area contributed by atoms with Crippen LogP contribution in [0.2, 0.25) is 5.02 Å². The number of aromatic amines is 1. The molecule has 0 radical (unpaired) electrons. The van der Waals surface area contributed by atoms with Gasteiger partial charge in [0.15, 0.2) is 0 Å². The Bertz CT molecular complexity index is 468. The van der Waals surface area contributed by atoms with E-state index in [0.29, 0.717) is 6.04 Å². The molecular weight excluding hydrogens is 246 g/mol. The molecule has 96 valence electrons. The van der Waals surface area contributed by atoms with Crippen molar-refractivity contribution in [2.24, 2.45) is 0 Å². The van der Waals surface area contributed by atoms with E-state index in [4.69, 9.17) is 11.6 Å². The number of imidazole rings is 1. The lowest BCUT2D eigenvalue weighted by atomic mass is 10.0. The van der Waals surface area contributed by atoms with Crippen LogP contribution in [-0.2, 0) is 12.8 Å². The van der Waals surface area contributed by atoms with E-state index in [2.05, 4.69) is 28.3 Å². The molecule has 2 N–H and O–H groups in total. The van der Waals surface area contributed by atoms with Gasteiger partial charge < -0.3 is 10.3 Å². The van der Waals surface area contributed by atoms with Gasteiger partial charge in [0.25, 0.3) is 0 Å². The van der Waals surface area contributed by atoms with Crippen molar-refractivity contribution in [3.63, 3.8) is 0 Å². The number of likely N-dealkylation sites (N-methyl/N-ethyl adjacent to an activating group) is 1. The number of hydrogen-bond donors (Lipinski definition) is 2. The second-order valence-corrected chi connectivity index (χ2v) is 4.70. The van der Waals surface area contributed by atoms with E-state index in [1.54, 1.807) is 6.20 Å². The fraction of sp³-hybridized carbons (Fsp3) is 0.357. The van der Waals surface area contributed by atoms with Crippen molar-refractivity contribution in [1.82, 2.24) is 15.3 Å². The van der Waals surface area contributed by atoms with Gasteiger partial charge in [-0.25, -0.2) is 4.98 Å². The summed E-state index contributed by atoms with van der Waals surface area (Å²) in [6.07, 6.45) is 5.43. The van der Waals surface area contributed by atoms with Gasteiger partial charge >= 0.3 is 0 Å². The van der Waals surface area contributed by atoms with Crippen LogP contribution >= 0.6 is 11.6 Å². The molecule has 0 amide bonds. The monoisotopic (exact) mass is 263 g/mol. The number of benzene rings is 1. The van der Waals surface area contributed by atoms with E-state index in [9.17, 15) is 0 Å². The van der Waals surface area contributed by atoms with Crippen LogP contribution in [0.3, 0.4) is 0 Å². The smallest absolute Gasteiger partial charge is 0.107 e. The van der Waals surface area contributed by atoms with Crippen molar-refractivity contribution in [2.75, 3.05) is 6.54 Å². The predicted octanol–water partition coefficient (Wildman–Crippen LogP) is 2.83. The minimum Gasteiger partial charge on any atom is -0.349 e. The van der Waals surface area contributed by atoms with E-state index in [0.717, 1.165) is 30.2 Å². The highest BCUT2D eigenvalue weighted by atomic mass is 35.5. The summed E-state index contributed by atoms with van der Waals surface area (Å²) in [5, 5.41) is 4.31. The summed E-state index contributed by atoms with van der Waals surface area (Å²) >= 11 is 6.20. The molecule has 1 aromatic heterocycles. The molecule has 0 saturated heterocycles. The molecule has 0 aliphatic heterocycles. The van der Waals surface area contributed by atoms with E-state index >= 15 is 0 Å². The second-order valence-electron chi connectivity index (χ2n) is 4.29. The maximum atomic E-state index is 6.20. The molecule has 1 unspecified atom stereocenters. The minimum atomic E-state index is 0.348. The lowest BCUT2D eigenvalue weighted by Crippen LogP contribution is -2.33. The van der Waals surface area contributed by atoms with Gasteiger partial charge in [-0.1, -0.05) is 36.7 Å². The van der Waals surface area contributed by atoms with Gasteiger partial charge in [-0.05, 0) is 24.6 Å².